The molecule has 1 aliphatic rings. The zero-order valence-corrected chi connectivity index (χ0v) is 20.3. The molecule has 0 unspecified atom stereocenters. The fourth-order valence-corrected chi connectivity index (χ4v) is 5.55. The van der Waals surface area contributed by atoms with E-state index in [9.17, 15) is 5.26 Å². The van der Waals surface area contributed by atoms with Gasteiger partial charge in [0.05, 0.1) is 17.7 Å². The van der Waals surface area contributed by atoms with Gasteiger partial charge in [0.15, 0.2) is 11.5 Å². The molecule has 0 saturated carbocycles. The second-order valence-corrected chi connectivity index (χ2v) is 9.65. The largest absolute Gasteiger partial charge is 0.493 e. The van der Waals surface area contributed by atoms with Crippen molar-refractivity contribution in [1.82, 2.24) is 0 Å². The van der Waals surface area contributed by atoms with Crippen LogP contribution < -0.4 is 9.47 Å². The van der Waals surface area contributed by atoms with E-state index in [1.54, 1.807) is 55.0 Å². The summed E-state index contributed by atoms with van der Waals surface area (Å²) in [5.41, 5.74) is 3.39. The van der Waals surface area contributed by atoms with Crippen LogP contribution in [0.4, 0.5) is 5.00 Å². The number of nitriles is 1. The van der Waals surface area contributed by atoms with Gasteiger partial charge in [-0.1, -0.05) is 40.9 Å². The van der Waals surface area contributed by atoms with Gasteiger partial charge in [-0.05, 0) is 61.1 Å². The number of benzene rings is 2. The number of hydrogen-bond donors (Lipinski definition) is 0. The molecule has 0 amide bonds. The summed E-state index contributed by atoms with van der Waals surface area (Å²) in [5.74, 6) is 0.900. The molecule has 1 aromatic heterocycles. The highest BCUT2D eigenvalue weighted by atomic mass is 35.5. The lowest BCUT2D eigenvalue weighted by atomic mass is 9.96. The quantitative estimate of drug-likeness (QED) is 0.321. The van der Waals surface area contributed by atoms with Crippen molar-refractivity contribution >= 4 is 57.4 Å². The standard InChI is InChI=1S/C24H19Cl3N2O2S/c1-30-21-9-14(12-29-24-18(11-28)17-4-2-3-5-22(17)32-24)8-20(27)23(21)31-13-15-6-7-16(25)10-19(15)26/h6-10,12H,2-5,13H2,1H3. The van der Waals surface area contributed by atoms with E-state index in [2.05, 4.69) is 11.1 Å². The van der Waals surface area contributed by atoms with E-state index in [0.717, 1.165) is 47.4 Å². The molecule has 1 aliphatic carbocycles. The van der Waals surface area contributed by atoms with Crippen LogP contribution in [0.15, 0.2) is 35.3 Å². The highest BCUT2D eigenvalue weighted by Crippen LogP contribution is 2.40. The summed E-state index contributed by atoms with van der Waals surface area (Å²) in [4.78, 5) is 5.88. The Balaban J connectivity index is 1.57. The molecule has 0 atom stereocenters. The van der Waals surface area contributed by atoms with E-state index in [4.69, 9.17) is 44.3 Å². The second-order valence-electron chi connectivity index (χ2n) is 7.32. The Labute approximate surface area is 206 Å². The van der Waals surface area contributed by atoms with E-state index < -0.39 is 0 Å². The van der Waals surface area contributed by atoms with Crippen LogP contribution in [0.3, 0.4) is 0 Å². The van der Waals surface area contributed by atoms with Gasteiger partial charge < -0.3 is 9.47 Å². The number of thiophene rings is 1. The summed E-state index contributed by atoms with van der Waals surface area (Å²) in [6, 6.07) is 11.1. The number of rotatable bonds is 6. The third-order valence-electron chi connectivity index (χ3n) is 5.23. The van der Waals surface area contributed by atoms with Crippen molar-refractivity contribution in [3.05, 3.63) is 72.5 Å². The molecule has 0 spiro atoms. The number of ether oxygens (including phenoxy) is 2. The van der Waals surface area contributed by atoms with Gasteiger partial charge in [0, 0.05) is 26.7 Å². The number of fused-ring (bicyclic) bond motifs is 1. The van der Waals surface area contributed by atoms with Crippen molar-refractivity contribution in [2.75, 3.05) is 7.11 Å². The monoisotopic (exact) mass is 504 g/mol. The smallest absolute Gasteiger partial charge is 0.180 e. The molecule has 0 fully saturated rings. The molecule has 0 aliphatic heterocycles. The summed E-state index contributed by atoms with van der Waals surface area (Å²) >= 11 is 20.3. The Kier molecular flexibility index (Phi) is 7.27. The number of halogens is 3. The minimum Gasteiger partial charge on any atom is -0.493 e. The van der Waals surface area contributed by atoms with E-state index >= 15 is 0 Å². The van der Waals surface area contributed by atoms with Crippen molar-refractivity contribution in [2.45, 2.75) is 32.3 Å². The van der Waals surface area contributed by atoms with Crippen LogP contribution in [0, 0.1) is 11.3 Å². The van der Waals surface area contributed by atoms with Gasteiger partial charge in [0.1, 0.15) is 17.7 Å². The van der Waals surface area contributed by atoms with Crippen molar-refractivity contribution in [1.29, 1.82) is 5.26 Å². The van der Waals surface area contributed by atoms with Crippen LogP contribution in [0.2, 0.25) is 15.1 Å². The molecular weight excluding hydrogens is 487 g/mol. The van der Waals surface area contributed by atoms with Crippen molar-refractivity contribution < 1.29 is 9.47 Å². The average molecular weight is 506 g/mol. The molecule has 32 heavy (non-hydrogen) atoms. The van der Waals surface area contributed by atoms with Crippen LogP contribution in [0.1, 0.15) is 40.0 Å². The third-order valence-corrected chi connectivity index (χ3v) is 7.30. The third kappa shape index (κ3) is 4.89. The fourth-order valence-electron chi connectivity index (χ4n) is 3.63. The van der Waals surface area contributed by atoms with Gasteiger partial charge in [0.25, 0.3) is 0 Å². The minimum absolute atomic E-state index is 0.214. The Morgan fingerprint density at radius 1 is 1.12 bits per heavy atom. The Bertz CT molecular complexity index is 1230. The molecule has 1 heterocycles. The number of nitrogens with zero attached hydrogens (tertiary/aromatic N) is 2. The molecule has 0 radical (unpaired) electrons. The van der Waals surface area contributed by atoms with Crippen LogP contribution in [0.25, 0.3) is 0 Å². The predicted octanol–water partition coefficient (Wildman–Crippen LogP) is 7.80. The Morgan fingerprint density at radius 3 is 2.69 bits per heavy atom. The van der Waals surface area contributed by atoms with E-state index in [0.29, 0.717) is 32.1 Å². The SMILES string of the molecule is COc1cc(C=Nc2sc3c(c2C#N)CCCC3)cc(Cl)c1OCc1ccc(Cl)cc1Cl. The van der Waals surface area contributed by atoms with Gasteiger partial charge in [-0.25, -0.2) is 4.99 Å². The van der Waals surface area contributed by atoms with Gasteiger partial charge >= 0.3 is 0 Å². The molecular formula is C24H19Cl3N2O2S. The van der Waals surface area contributed by atoms with Crippen molar-refractivity contribution in [2.24, 2.45) is 4.99 Å². The topological polar surface area (TPSA) is 54.6 Å². The van der Waals surface area contributed by atoms with Crippen molar-refractivity contribution in [3.63, 3.8) is 0 Å². The second kappa shape index (κ2) is 10.1. The number of hydrogen-bond acceptors (Lipinski definition) is 5. The lowest BCUT2D eigenvalue weighted by Gasteiger charge is -2.14. The highest BCUT2D eigenvalue weighted by Gasteiger charge is 2.20. The zero-order chi connectivity index (χ0) is 22.7. The number of aryl methyl sites for hydroxylation is 1. The van der Waals surface area contributed by atoms with Gasteiger partial charge in [-0.15, -0.1) is 11.3 Å². The molecule has 2 aromatic carbocycles. The molecule has 8 heteroatoms. The van der Waals surface area contributed by atoms with Crippen LogP contribution in [-0.2, 0) is 19.4 Å². The van der Waals surface area contributed by atoms with Crippen LogP contribution in [0.5, 0.6) is 11.5 Å². The van der Waals surface area contributed by atoms with Gasteiger partial charge in [0.2, 0.25) is 0 Å². The summed E-state index contributed by atoms with van der Waals surface area (Å²) < 4.78 is 11.4. The normalized spacial score (nSPS) is 13.1. The number of methoxy groups -OCH3 is 1. The summed E-state index contributed by atoms with van der Waals surface area (Å²) in [6.45, 7) is 0.214. The van der Waals surface area contributed by atoms with Gasteiger partial charge in [-0.2, -0.15) is 5.26 Å². The first-order valence-corrected chi connectivity index (χ1v) is 12.0. The molecule has 0 saturated heterocycles. The van der Waals surface area contributed by atoms with Crippen LogP contribution in [-0.4, -0.2) is 13.3 Å². The summed E-state index contributed by atoms with van der Waals surface area (Å²) in [6.07, 6.45) is 5.96. The maximum Gasteiger partial charge on any atom is 0.180 e. The van der Waals surface area contributed by atoms with Crippen molar-refractivity contribution in [3.8, 4) is 17.6 Å². The molecule has 164 valence electrons. The summed E-state index contributed by atoms with van der Waals surface area (Å²) in [7, 11) is 1.55. The van der Waals surface area contributed by atoms with E-state index in [-0.39, 0.29) is 6.61 Å². The molecule has 0 N–H and O–H groups in total. The maximum absolute atomic E-state index is 9.62. The average Bonchev–Trinajstić information content (AvgIpc) is 3.15. The fraction of sp³-hybridized carbons (Fsp3) is 0.250. The lowest BCUT2D eigenvalue weighted by molar-refractivity contribution is 0.285. The van der Waals surface area contributed by atoms with E-state index in [1.807, 2.05) is 0 Å². The molecule has 4 rings (SSSR count). The first-order valence-electron chi connectivity index (χ1n) is 10.0. The molecule has 3 aromatic rings. The zero-order valence-electron chi connectivity index (χ0n) is 17.3. The Hall–Kier alpha value is -2.23. The first-order chi connectivity index (χ1) is 15.5. The lowest BCUT2D eigenvalue weighted by Crippen LogP contribution is -2.00. The van der Waals surface area contributed by atoms with E-state index in [1.165, 1.54) is 4.88 Å². The number of aliphatic imine (C=N–C) groups is 1. The Morgan fingerprint density at radius 2 is 1.94 bits per heavy atom. The molecule has 0 bridgehead atoms. The maximum atomic E-state index is 9.62. The summed E-state index contributed by atoms with van der Waals surface area (Å²) in [5, 5.41) is 11.8. The first kappa shape index (κ1) is 22.9. The van der Waals surface area contributed by atoms with Gasteiger partial charge in [-0.3, -0.25) is 0 Å². The van der Waals surface area contributed by atoms with Crippen LogP contribution >= 0.6 is 46.1 Å². The highest BCUT2D eigenvalue weighted by molar-refractivity contribution is 7.16. The molecule has 4 nitrogen and oxygen atoms in total. The predicted molar refractivity (Wildman–Crippen MR) is 132 cm³/mol. The minimum atomic E-state index is 0.214.